The fraction of sp³-hybridized carbons (Fsp3) is 0.938. The Morgan fingerprint density at radius 2 is 2.05 bits per heavy atom. The minimum atomic E-state index is 0.246. The molecule has 1 saturated carbocycles. The molecule has 0 aromatic carbocycles. The van der Waals surface area contributed by atoms with Gasteiger partial charge < -0.3 is 4.74 Å². The molecule has 0 radical (unpaired) electrons. The molecule has 0 spiro atoms. The monoisotopic (exact) mass is 267 g/mol. The summed E-state index contributed by atoms with van der Waals surface area (Å²) in [7, 11) is 0. The highest BCUT2D eigenvalue weighted by Crippen LogP contribution is 2.32. The molecule has 0 aromatic heterocycles. The number of nitrogens with zero attached hydrogens (tertiary/aromatic N) is 1. The van der Waals surface area contributed by atoms with Crippen LogP contribution in [0.3, 0.4) is 0 Å². The summed E-state index contributed by atoms with van der Waals surface area (Å²) in [5.74, 6) is 1.84. The van der Waals surface area contributed by atoms with Crippen LogP contribution in [0.5, 0.6) is 0 Å². The molecule has 1 heterocycles. The summed E-state index contributed by atoms with van der Waals surface area (Å²) >= 11 is 0. The Kier molecular flexibility index (Phi) is 5.02. The maximum atomic E-state index is 12.3. The molecule has 0 bridgehead atoms. The van der Waals surface area contributed by atoms with Gasteiger partial charge in [-0.05, 0) is 31.6 Å². The van der Waals surface area contributed by atoms with Crippen molar-refractivity contribution in [1.29, 1.82) is 0 Å². The van der Waals surface area contributed by atoms with E-state index in [1.54, 1.807) is 0 Å². The molecule has 1 aliphatic heterocycles. The number of hydrogen-bond acceptors (Lipinski definition) is 3. The number of Topliss-reactive ketones (excluding diaryl/α,β-unsaturated/α-hetero) is 1. The number of carbonyl (C=O) groups excluding carboxylic acids is 1. The smallest absolute Gasteiger partial charge is 0.137 e. The van der Waals surface area contributed by atoms with E-state index in [1.807, 2.05) is 0 Å². The lowest BCUT2D eigenvalue weighted by Crippen LogP contribution is -2.52. The summed E-state index contributed by atoms with van der Waals surface area (Å²) in [6, 6.07) is 0.496. The predicted molar refractivity (Wildman–Crippen MR) is 77.1 cm³/mol. The molecule has 2 rings (SSSR count). The van der Waals surface area contributed by atoms with E-state index in [1.165, 1.54) is 6.42 Å². The number of ketones is 1. The van der Waals surface area contributed by atoms with Gasteiger partial charge in [-0.2, -0.15) is 0 Å². The summed E-state index contributed by atoms with van der Waals surface area (Å²) < 4.78 is 5.74. The Hall–Kier alpha value is -0.410. The van der Waals surface area contributed by atoms with E-state index in [2.05, 4.69) is 32.6 Å². The van der Waals surface area contributed by atoms with E-state index in [-0.39, 0.29) is 5.92 Å². The molecule has 19 heavy (non-hydrogen) atoms. The third-order valence-corrected chi connectivity index (χ3v) is 4.91. The molecule has 3 heteroatoms. The molecule has 0 amide bonds. The van der Waals surface area contributed by atoms with Crippen molar-refractivity contribution in [2.24, 2.45) is 17.8 Å². The van der Waals surface area contributed by atoms with Crippen molar-refractivity contribution >= 4 is 5.78 Å². The Labute approximate surface area is 117 Å². The molecule has 0 aromatic rings. The first-order valence-electron chi connectivity index (χ1n) is 7.89. The Bertz CT molecular complexity index is 318. The zero-order valence-electron chi connectivity index (χ0n) is 12.9. The van der Waals surface area contributed by atoms with Gasteiger partial charge in [-0.1, -0.05) is 20.8 Å². The SMILES string of the molecule is CCC1COC(C)CN1CC1C(=O)CC(C)CC1C. The molecule has 0 N–H and O–H groups in total. The van der Waals surface area contributed by atoms with Crippen molar-refractivity contribution in [2.45, 2.75) is 59.1 Å². The van der Waals surface area contributed by atoms with Gasteiger partial charge in [0.15, 0.2) is 0 Å². The van der Waals surface area contributed by atoms with Crippen molar-refractivity contribution in [2.75, 3.05) is 19.7 Å². The Balaban J connectivity index is 1.99. The normalized spacial score (nSPS) is 41.5. The van der Waals surface area contributed by atoms with Crippen LogP contribution >= 0.6 is 0 Å². The van der Waals surface area contributed by atoms with Gasteiger partial charge in [-0.25, -0.2) is 0 Å². The highest BCUT2D eigenvalue weighted by molar-refractivity contribution is 5.82. The number of rotatable bonds is 3. The van der Waals surface area contributed by atoms with E-state index in [4.69, 9.17) is 4.74 Å². The third kappa shape index (κ3) is 3.57. The highest BCUT2D eigenvalue weighted by atomic mass is 16.5. The number of carbonyl (C=O) groups is 1. The molecular weight excluding hydrogens is 238 g/mol. The van der Waals surface area contributed by atoms with Crippen LogP contribution in [0.1, 0.15) is 47.0 Å². The van der Waals surface area contributed by atoms with Crippen molar-refractivity contribution < 1.29 is 9.53 Å². The summed E-state index contributed by atoms with van der Waals surface area (Å²) in [5.41, 5.74) is 0. The number of morpholine rings is 1. The molecule has 5 atom stereocenters. The first-order valence-corrected chi connectivity index (χ1v) is 7.89. The molecule has 1 saturated heterocycles. The lowest BCUT2D eigenvalue weighted by molar-refractivity contribution is -0.131. The van der Waals surface area contributed by atoms with Gasteiger partial charge in [0.25, 0.3) is 0 Å². The topological polar surface area (TPSA) is 29.5 Å². The second-order valence-electron chi connectivity index (χ2n) is 6.76. The van der Waals surface area contributed by atoms with Crippen LogP contribution in [0.25, 0.3) is 0 Å². The molecule has 110 valence electrons. The Morgan fingerprint density at radius 3 is 2.68 bits per heavy atom. The molecule has 5 unspecified atom stereocenters. The standard InChI is InChI=1S/C16H29NO2/c1-5-14-10-19-13(4)8-17(14)9-15-12(3)6-11(2)7-16(15)18/h11-15H,5-10H2,1-4H3. The van der Waals surface area contributed by atoms with Gasteiger partial charge in [-0.3, -0.25) is 9.69 Å². The van der Waals surface area contributed by atoms with Crippen LogP contribution in [0.15, 0.2) is 0 Å². The van der Waals surface area contributed by atoms with Gasteiger partial charge in [0.05, 0.1) is 12.7 Å². The van der Waals surface area contributed by atoms with E-state index in [0.717, 1.165) is 32.5 Å². The molecule has 3 nitrogen and oxygen atoms in total. The molecule has 1 aliphatic carbocycles. The average Bonchev–Trinajstić information content (AvgIpc) is 2.34. The van der Waals surface area contributed by atoms with Gasteiger partial charge in [-0.15, -0.1) is 0 Å². The lowest BCUT2D eigenvalue weighted by Gasteiger charge is -2.42. The average molecular weight is 267 g/mol. The van der Waals surface area contributed by atoms with Crippen LogP contribution in [-0.2, 0) is 9.53 Å². The number of ether oxygens (including phenoxy) is 1. The largest absolute Gasteiger partial charge is 0.376 e. The quantitative estimate of drug-likeness (QED) is 0.787. The zero-order chi connectivity index (χ0) is 14.0. The summed E-state index contributed by atoms with van der Waals surface area (Å²) in [4.78, 5) is 14.8. The third-order valence-electron chi connectivity index (χ3n) is 4.91. The van der Waals surface area contributed by atoms with E-state index < -0.39 is 0 Å². The van der Waals surface area contributed by atoms with Crippen LogP contribution < -0.4 is 0 Å². The van der Waals surface area contributed by atoms with Crippen LogP contribution in [0.4, 0.5) is 0 Å². The fourth-order valence-electron chi connectivity index (χ4n) is 3.74. The minimum absolute atomic E-state index is 0.246. The summed E-state index contributed by atoms with van der Waals surface area (Å²) in [6.45, 7) is 11.5. The minimum Gasteiger partial charge on any atom is -0.376 e. The fourth-order valence-corrected chi connectivity index (χ4v) is 3.74. The van der Waals surface area contributed by atoms with Crippen LogP contribution in [0, 0.1) is 17.8 Å². The highest BCUT2D eigenvalue weighted by Gasteiger charge is 2.36. The zero-order valence-corrected chi connectivity index (χ0v) is 12.9. The predicted octanol–water partition coefficient (Wildman–Crippen LogP) is 2.74. The first-order chi connectivity index (χ1) is 9.01. The van der Waals surface area contributed by atoms with Crippen molar-refractivity contribution in [3.63, 3.8) is 0 Å². The Morgan fingerprint density at radius 1 is 1.32 bits per heavy atom. The maximum absolute atomic E-state index is 12.3. The van der Waals surface area contributed by atoms with Crippen LogP contribution in [0.2, 0.25) is 0 Å². The van der Waals surface area contributed by atoms with E-state index in [0.29, 0.717) is 29.8 Å². The molecule has 2 aliphatic rings. The lowest BCUT2D eigenvalue weighted by atomic mass is 9.74. The van der Waals surface area contributed by atoms with Gasteiger partial charge in [0, 0.05) is 31.5 Å². The maximum Gasteiger partial charge on any atom is 0.137 e. The van der Waals surface area contributed by atoms with Crippen molar-refractivity contribution in [1.82, 2.24) is 4.90 Å². The second kappa shape index (κ2) is 6.36. The summed E-state index contributed by atoms with van der Waals surface area (Å²) in [6.07, 6.45) is 3.40. The second-order valence-corrected chi connectivity index (χ2v) is 6.76. The number of hydrogen-bond donors (Lipinski definition) is 0. The summed E-state index contributed by atoms with van der Waals surface area (Å²) in [5, 5.41) is 0. The van der Waals surface area contributed by atoms with Gasteiger partial charge >= 0.3 is 0 Å². The molecular formula is C16H29NO2. The van der Waals surface area contributed by atoms with E-state index >= 15 is 0 Å². The molecule has 2 fully saturated rings. The van der Waals surface area contributed by atoms with Gasteiger partial charge in [0.2, 0.25) is 0 Å². The van der Waals surface area contributed by atoms with E-state index in [9.17, 15) is 4.79 Å². The van der Waals surface area contributed by atoms with Crippen LogP contribution in [-0.4, -0.2) is 42.5 Å². The van der Waals surface area contributed by atoms with Crippen molar-refractivity contribution in [3.8, 4) is 0 Å². The van der Waals surface area contributed by atoms with Crippen molar-refractivity contribution in [3.05, 3.63) is 0 Å². The first kappa shape index (κ1) is 15.0. The van der Waals surface area contributed by atoms with Gasteiger partial charge in [0.1, 0.15) is 5.78 Å².